The average Bonchev–Trinajstić information content (AvgIpc) is 2.65. The van der Waals surface area contributed by atoms with Gasteiger partial charge in [0.1, 0.15) is 5.82 Å². The maximum absolute atomic E-state index is 12.5. The molecule has 0 atom stereocenters. The fraction of sp³-hybridized carbons (Fsp3) is 0.231. The lowest BCUT2D eigenvalue weighted by Crippen LogP contribution is -2.13. The topological polar surface area (TPSA) is 46.9 Å². The Morgan fingerprint density at radius 1 is 1.58 bits per heavy atom. The van der Waals surface area contributed by atoms with E-state index in [9.17, 15) is 9.18 Å². The predicted molar refractivity (Wildman–Crippen MR) is 73.8 cm³/mol. The molecule has 0 aliphatic carbocycles. The third kappa shape index (κ3) is 2.93. The lowest BCUT2D eigenvalue weighted by atomic mass is 10.3. The van der Waals surface area contributed by atoms with E-state index >= 15 is 0 Å². The van der Waals surface area contributed by atoms with Gasteiger partial charge in [0, 0.05) is 31.5 Å². The molecule has 0 saturated carbocycles. The Bertz CT molecular complexity index is 651. The molecule has 0 fully saturated rings. The van der Waals surface area contributed by atoms with Gasteiger partial charge in [0.25, 0.3) is 0 Å². The summed E-state index contributed by atoms with van der Waals surface area (Å²) in [6, 6.07) is 3.60. The van der Waals surface area contributed by atoms with E-state index in [4.69, 9.17) is 11.6 Å². The van der Waals surface area contributed by atoms with Gasteiger partial charge in [0.05, 0.1) is 11.3 Å². The van der Waals surface area contributed by atoms with Crippen LogP contribution >= 0.6 is 11.6 Å². The number of amides is 1. The fourth-order valence-corrected chi connectivity index (χ4v) is 2.12. The number of aromatic nitrogens is 2. The summed E-state index contributed by atoms with van der Waals surface area (Å²) >= 11 is 6.01. The monoisotopic (exact) mass is 281 g/mol. The molecule has 0 bridgehead atoms. The lowest BCUT2D eigenvalue weighted by Gasteiger charge is -2.06. The molecule has 19 heavy (non-hydrogen) atoms. The Morgan fingerprint density at radius 2 is 2.32 bits per heavy atom. The Morgan fingerprint density at radius 3 is 2.95 bits per heavy atom. The Balaban J connectivity index is 2.22. The van der Waals surface area contributed by atoms with Crippen molar-refractivity contribution in [2.75, 3.05) is 5.32 Å². The second-order valence-corrected chi connectivity index (χ2v) is 4.55. The number of hydrogen-bond donors (Lipinski definition) is 1. The summed E-state index contributed by atoms with van der Waals surface area (Å²) in [5.74, 6) is -0.174. The number of aryl methyl sites for hydroxylation is 1. The Hall–Kier alpha value is -1.88. The number of anilines is 1. The van der Waals surface area contributed by atoms with Crippen molar-refractivity contribution < 1.29 is 9.18 Å². The van der Waals surface area contributed by atoms with Gasteiger partial charge in [0.2, 0.25) is 5.91 Å². The first-order valence-electron chi connectivity index (χ1n) is 5.72. The first-order chi connectivity index (χ1) is 8.99. The normalized spacial score (nSPS) is 10.7. The molecule has 1 N–H and O–H groups in total. The highest BCUT2D eigenvalue weighted by Crippen LogP contribution is 2.27. The number of fused-ring (bicyclic) bond motifs is 1. The molecule has 0 aromatic carbocycles. The van der Waals surface area contributed by atoms with Crippen LogP contribution in [-0.4, -0.2) is 15.5 Å². The zero-order valence-corrected chi connectivity index (χ0v) is 11.2. The molecule has 0 radical (unpaired) electrons. The van der Waals surface area contributed by atoms with Gasteiger partial charge >= 0.3 is 0 Å². The number of nitrogens with one attached hydrogen (secondary N) is 1. The maximum Gasteiger partial charge on any atom is 0.225 e. The molecule has 2 aromatic rings. The summed E-state index contributed by atoms with van der Waals surface area (Å²) in [6.45, 7) is 3.12. The first-order valence-corrected chi connectivity index (χ1v) is 6.10. The number of halogens is 2. The predicted octanol–water partition coefficient (Wildman–Crippen LogP) is 3.43. The molecule has 2 aromatic heterocycles. The van der Waals surface area contributed by atoms with Crippen LogP contribution in [0.5, 0.6) is 0 Å². The van der Waals surface area contributed by atoms with Crippen LogP contribution < -0.4 is 5.32 Å². The summed E-state index contributed by atoms with van der Waals surface area (Å²) in [5.41, 5.74) is 0.745. The number of nitrogens with zero attached hydrogens (tertiary/aromatic N) is 2. The molecule has 0 aliphatic heterocycles. The summed E-state index contributed by atoms with van der Waals surface area (Å²) < 4.78 is 14.2. The minimum absolute atomic E-state index is 0.0259. The number of carbonyl (C=O) groups excluding carboxylic acids is 1. The molecule has 4 nitrogen and oxygen atoms in total. The molecule has 2 heterocycles. The van der Waals surface area contributed by atoms with Gasteiger partial charge in [-0.05, 0) is 12.1 Å². The molecule has 0 unspecified atom stereocenters. The van der Waals surface area contributed by atoms with Crippen LogP contribution in [0.1, 0.15) is 12.8 Å². The number of rotatable bonds is 4. The third-order valence-electron chi connectivity index (χ3n) is 2.79. The van der Waals surface area contributed by atoms with Crippen LogP contribution in [0.25, 0.3) is 10.9 Å². The summed E-state index contributed by atoms with van der Waals surface area (Å²) in [5, 5.41) is 3.97. The molecular formula is C13H13ClFN3O. The number of allylic oxidation sites excluding steroid dienone is 1. The Labute approximate surface area is 114 Å². The van der Waals surface area contributed by atoms with Crippen molar-refractivity contribution in [1.82, 2.24) is 9.55 Å². The fourth-order valence-electron chi connectivity index (χ4n) is 1.83. The standard InChI is InChI=1S/C13H13ClFN3O/c1-8(15)3-4-11(19)17-10-7-9-5-6-16-13(14)12(9)18(10)2/h5-7H,1,3-4H2,2H3,(H,17,19). The van der Waals surface area contributed by atoms with Crippen LogP contribution in [0, 0.1) is 0 Å². The van der Waals surface area contributed by atoms with Crippen molar-refractivity contribution in [2.24, 2.45) is 7.05 Å². The van der Waals surface area contributed by atoms with E-state index in [0.29, 0.717) is 11.0 Å². The minimum Gasteiger partial charge on any atom is -0.328 e. The highest BCUT2D eigenvalue weighted by molar-refractivity contribution is 6.34. The smallest absolute Gasteiger partial charge is 0.225 e. The van der Waals surface area contributed by atoms with Crippen molar-refractivity contribution in [2.45, 2.75) is 12.8 Å². The van der Waals surface area contributed by atoms with Gasteiger partial charge in [-0.25, -0.2) is 9.37 Å². The third-order valence-corrected chi connectivity index (χ3v) is 3.07. The van der Waals surface area contributed by atoms with Crippen molar-refractivity contribution in [1.29, 1.82) is 0 Å². The van der Waals surface area contributed by atoms with Crippen LogP contribution in [0.4, 0.5) is 10.2 Å². The van der Waals surface area contributed by atoms with Crippen molar-refractivity contribution in [3.63, 3.8) is 0 Å². The molecule has 100 valence electrons. The van der Waals surface area contributed by atoms with E-state index in [-0.39, 0.29) is 18.7 Å². The summed E-state index contributed by atoms with van der Waals surface area (Å²) in [7, 11) is 1.78. The zero-order valence-electron chi connectivity index (χ0n) is 10.4. The van der Waals surface area contributed by atoms with Crippen LogP contribution in [-0.2, 0) is 11.8 Å². The molecule has 0 spiro atoms. The van der Waals surface area contributed by atoms with Gasteiger partial charge in [0.15, 0.2) is 5.15 Å². The van der Waals surface area contributed by atoms with E-state index in [1.54, 1.807) is 29.9 Å². The van der Waals surface area contributed by atoms with Crippen LogP contribution in [0.3, 0.4) is 0 Å². The number of hydrogen-bond acceptors (Lipinski definition) is 2. The second kappa shape index (κ2) is 5.40. The van der Waals surface area contributed by atoms with Crippen LogP contribution in [0.15, 0.2) is 30.7 Å². The molecule has 6 heteroatoms. The number of pyridine rings is 1. The minimum atomic E-state index is -0.501. The highest BCUT2D eigenvalue weighted by Gasteiger charge is 2.11. The zero-order chi connectivity index (χ0) is 14.0. The van der Waals surface area contributed by atoms with Crippen molar-refractivity contribution in [3.05, 3.63) is 35.9 Å². The van der Waals surface area contributed by atoms with Crippen LogP contribution in [0.2, 0.25) is 5.15 Å². The van der Waals surface area contributed by atoms with E-state index in [2.05, 4.69) is 16.9 Å². The second-order valence-electron chi connectivity index (χ2n) is 4.19. The molecule has 2 rings (SSSR count). The van der Waals surface area contributed by atoms with Crippen molar-refractivity contribution in [3.8, 4) is 0 Å². The average molecular weight is 282 g/mol. The quantitative estimate of drug-likeness (QED) is 0.873. The summed E-state index contributed by atoms with van der Waals surface area (Å²) in [4.78, 5) is 15.6. The molecule has 0 aliphatic rings. The summed E-state index contributed by atoms with van der Waals surface area (Å²) in [6.07, 6.45) is 1.68. The molecular weight excluding hydrogens is 269 g/mol. The SMILES string of the molecule is C=C(F)CCC(=O)Nc1cc2ccnc(Cl)c2n1C. The first kappa shape index (κ1) is 13.5. The molecule has 0 saturated heterocycles. The van der Waals surface area contributed by atoms with E-state index in [1.165, 1.54) is 0 Å². The van der Waals surface area contributed by atoms with Gasteiger partial charge in [-0.1, -0.05) is 18.2 Å². The van der Waals surface area contributed by atoms with Gasteiger partial charge in [-0.3, -0.25) is 4.79 Å². The Kier molecular flexibility index (Phi) is 3.85. The van der Waals surface area contributed by atoms with E-state index in [1.807, 2.05) is 0 Å². The van der Waals surface area contributed by atoms with Gasteiger partial charge in [-0.2, -0.15) is 0 Å². The lowest BCUT2D eigenvalue weighted by molar-refractivity contribution is -0.116. The number of carbonyl (C=O) groups is 1. The highest BCUT2D eigenvalue weighted by atomic mass is 35.5. The largest absolute Gasteiger partial charge is 0.328 e. The van der Waals surface area contributed by atoms with E-state index in [0.717, 1.165) is 10.9 Å². The van der Waals surface area contributed by atoms with Gasteiger partial charge < -0.3 is 9.88 Å². The maximum atomic E-state index is 12.5. The molecule has 1 amide bonds. The van der Waals surface area contributed by atoms with Gasteiger partial charge in [-0.15, -0.1) is 0 Å². The van der Waals surface area contributed by atoms with E-state index < -0.39 is 5.83 Å². The van der Waals surface area contributed by atoms with Crippen molar-refractivity contribution >= 4 is 34.2 Å².